The van der Waals surface area contributed by atoms with Gasteiger partial charge in [-0.05, 0) is 12.1 Å². The van der Waals surface area contributed by atoms with Crippen LogP contribution in [-0.2, 0) is 13.2 Å². The molecule has 0 aliphatic heterocycles. The first-order chi connectivity index (χ1) is 13.2. The van der Waals surface area contributed by atoms with Crippen LogP contribution >= 0.6 is 23.4 Å². The number of para-hydroxylation sites is 1. The monoisotopic (exact) mass is 399 g/mol. The molecule has 1 heterocycles. The number of aromatic nitrogens is 3. The third-order valence-corrected chi connectivity index (χ3v) is 5.01. The van der Waals surface area contributed by atoms with Crippen molar-refractivity contribution >= 4 is 29.1 Å². The molecule has 0 radical (unpaired) electrons. The van der Waals surface area contributed by atoms with Crippen LogP contribution in [0.4, 0.5) is 0 Å². The quantitative estimate of drug-likeness (QED) is 0.297. The number of allylic oxidation sites excluding steroid dienone is 1. The van der Waals surface area contributed by atoms with Crippen LogP contribution in [0.1, 0.15) is 16.2 Å². The minimum Gasteiger partial charge on any atom is -0.484 e. The fraction of sp³-hybridized carbons (Fsp3) is 0.150. The van der Waals surface area contributed by atoms with E-state index in [1.54, 1.807) is 30.3 Å². The van der Waals surface area contributed by atoms with E-state index >= 15 is 0 Å². The number of carbonyl (C=O) groups is 1. The molecule has 7 heteroatoms. The minimum absolute atomic E-state index is 0.0441. The Balaban J connectivity index is 1.68. The molecule has 0 amide bonds. The third kappa shape index (κ3) is 4.99. The Bertz CT molecular complexity index is 928. The van der Waals surface area contributed by atoms with Crippen molar-refractivity contribution in [1.82, 2.24) is 14.8 Å². The second-order valence-corrected chi connectivity index (χ2v) is 6.94. The van der Waals surface area contributed by atoms with E-state index in [1.165, 1.54) is 11.8 Å². The predicted molar refractivity (Wildman–Crippen MR) is 107 cm³/mol. The molecule has 3 rings (SSSR count). The number of hydrogen-bond donors (Lipinski definition) is 0. The topological polar surface area (TPSA) is 57.0 Å². The normalized spacial score (nSPS) is 10.6. The van der Waals surface area contributed by atoms with E-state index in [-0.39, 0.29) is 18.1 Å². The zero-order chi connectivity index (χ0) is 19.1. The van der Waals surface area contributed by atoms with Gasteiger partial charge in [0.1, 0.15) is 12.4 Å². The summed E-state index contributed by atoms with van der Waals surface area (Å²) in [4.78, 5) is 12.3. The van der Waals surface area contributed by atoms with Crippen molar-refractivity contribution in [3.8, 4) is 5.75 Å². The second kappa shape index (κ2) is 9.39. The van der Waals surface area contributed by atoms with Crippen molar-refractivity contribution in [3.63, 3.8) is 0 Å². The maximum Gasteiger partial charge on any atom is 0.192 e. The van der Waals surface area contributed by atoms with Gasteiger partial charge < -0.3 is 4.74 Å². The van der Waals surface area contributed by atoms with Gasteiger partial charge in [0.15, 0.2) is 16.8 Å². The molecule has 0 bridgehead atoms. The number of ether oxygens (including phenoxy) is 1. The first kappa shape index (κ1) is 19.2. The van der Waals surface area contributed by atoms with Gasteiger partial charge in [-0.3, -0.25) is 9.36 Å². The summed E-state index contributed by atoms with van der Waals surface area (Å²) in [6.45, 7) is 4.52. The molecule has 0 atom stereocenters. The van der Waals surface area contributed by atoms with Crippen LogP contribution in [0, 0.1) is 0 Å². The molecule has 0 saturated carbocycles. The molecule has 27 heavy (non-hydrogen) atoms. The molecule has 0 spiro atoms. The van der Waals surface area contributed by atoms with Crippen LogP contribution in [0.5, 0.6) is 5.75 Å². The number of benzene rings is 2. The summed E-state index contributed by atoms with van der Waals surface area (Å²) in [6.07, 6.45) is 1.76. The summed E-state index contributed by atoms with van der Waals surface area (Å²) in [5.74, 6) is 1.55. The lowest BCUT2D eigenvalue weighted by atomic mass is 10.2. The molecule has 2 aromatic carbocycles. The van der Waals surface area contributed by atoms with E-state index in [4.69, 9.17) is 16.3 Å². The number of thioether (sulfide) groups is 1. The van der Waals surface area contributed by atoms with Gasteiger partial charge in [-0.15, -0.1) is 16.8 Å². The van der Waals surface area contributed by atoms with Gasteiger partial charge in [0.05, 0.1) is 10.8 Å². The number of halogens is 1. The average molecular weight is 400 g/mol. The van der Waals surface area contributed by atoms with Crippen LogP contribution < -0.4 is 4.74 Å². The smallest absolute Gasteiger partial charge is 0.192 e. The lowest BCUT2D eigenvalue weighted by Crippen LogP contribution is -2.09. The van der Waals surface area contributed by atoms with Gasteiger partial charge in [-0.25, -0.2) is 0 Å². The molecular weight excluding hydrogens is 382 g/mol. The lowest BCUT2D eigenvalue weighted by molar-refractivity contribution is 0.102. The zero-order valence-electron chi connectivity index (χ0n) is 14.5. The van der Waals surface area contributed by atoms with Crippen molar-refractivity contribution in [2.45, 2.75) is 18.3 Å². The number of hydrogen-bond acceptors (Lipinski definition) is 5. The molecular formula is C20H18ClN3O2S. The molecule has 0 aliphatic carbocycles. The molecule has 0 N–H and O–H groups in total. The highest BCUT2D eigenvalue weighted by molar-refractivity contribution is 7.99. The Morgan fingerprint density at radius 2 is 1.89 bits per heavy atom. The van der Waals surface area contributed by atoms with Crippen LogP contribution in [0.3, 0.4) is 0 Å². The average Bonchev–Trinajstić information content (AvgIpc) is 3.08. The number of Topliss-reactive ketones (excluding diaryl/α,β-unsaturated/α-hetero) is 1. The maximum atomic E-state index is 12.3. The largest absolute Gasteiger partial charge is 0.484 e. The van der Waals surface area contributed by atoms with E-state index < -0.39 is 0 Å². The standard InChI is InChI=1S/C20H18ClN3O2S/c1-2-12-24-19(13-26-18-11-7-6-10-16(18)21)22-23-20(24)27-14-17(25)15-8-4-3-5-9-15/h2-11H,1,12-14H2. The Hall–Kier alpha value is -2.57. The van der Waals surface area contributed by atoms with Crippen LogP contribution in [0.2, 0.25) is 5.02 Å². The Labute approximate surface area is 167 Å². The molecule has 5 nitrogen and oxygen atoms in total. The first-order valence-electron chi connectivity index (χ1n) is 8.30. The van der Waals surface area contributed by atoms with Gasteiger partial charge in [-0.1, -0.05) is 71.9 Å². The van der Waals surface area contributed by atoms with Crippen molar-refractivity contribution in [3.05, 3.63) is 83.7 Å². The molecule has 3 aromatic rings. The highest BCUT2D eigenvalue weighted by Crippen LogP contribution is 2.25. The fourth-order valence-electron chi connectivity index (χ4n) is 2.39. The highest BCUT2D eigenvalue weighted by Gasteiger charge is 2.15. The summed E-state index contributed by atoms with van der Waals surface area (Å²) in [5, 5.41) is 9.58. The van der Waals surface area contributed by atoms with Gasteiger partial charge in [0.25, 0.3) is 0 Å². The summed E-state index contributed by atoms with van der Waals surface area (Å²) in [6, 6.07) is 16.5. The van der Waals surface area contributed by atoms with Crippen molar-refractivity contribution in [1.29, 1.82) is 0 Å². The molecule has 0 saturated heterocycles. The Morgan fingerprint density at radius 3 is 2.63 bits per heavy atom. The van der Waals surface area contributed by atoms with Gasteiger partial charge in [0, 0.05) is 12.1 Å². The maximum absolute atomic E-state index is 12.3. The lowest BCUT2D eigenvalue weighted by Gasteiger charge is -2.10. The van der Waals surface area contributed by atoms with Crippen molar-refractivity contribution in [2.75, 3.05) is 5.75 Å². The molecule has 0 unspecified atom stereocenters. The van der Waals surface area contributed by atoms with Crippen molar-refractivity contribution < 1.29 is 9.53 Å². The van der Waals surface area contributed by atoms with Crippen LogP contribution in [0.15, 0.2) is 72.4 Å². The van der Waals surface area contributed by atoms with Crippen LogP contribution in [-0.4, -0.2) is 26.3 Å². The molecule has 0 fully saturated rings. The predicted octanol–water partition coefficient (Wildman–Crippen LogP) is 4.67. The summed E-state index contributed by atoms with van der Waals surface area (Å²) < 4.78 is 7.63. The number of nitrogens with zero attached hydrogens (tertiary/aromatic N) is 3. The SMILES string of the molecule is C=CCn1c(COc2ccccc2Cl)nnc1SCC(=O)c1ccccc1. The van der Waals surface area contributed by atoms with E-state index in [9.17, 15) is 4.79 Å². The Kier molecular flexibility index (Phi) is 6.68. The number of carbonyl (C=O) groups excluding carboxylic acids is 1. The first-order valence-corrected chi connectivity index (χ1v) is 9.66. The summed E-state index contributed by atoms with van der Waals surface area (Å²) >= 11 is 7.46. The fourth-order valence-corrected chi connectivity index (χ4v) is 3.44. The molecule has 138 valence electrons. The Morgan fingerprint density at radius 1 is 1.15 bits per heavy atom. The second-order valence-electron chi connectivity index (χ2n) is 5.60. The molecule has 1 aromatic heterocycles. The number of rotatable bonds is 9. The van der Waals surface area contributed by atoms with Gasteiger partial charge in [-0.2, -0.15) is 0 Å². The summed E-state index contributed by atoms with van der Waals surface area (Å²) in [5.41, 5.74) is 0.682. The third-order valence-electron chi connectivity index (χ3n) is 3.73. The summed E-state index contributed by atoms with van der Waals surface area (Å²) in [7, 11) is 0. The van der Waals surface area contributed by atoms with E-state index in [2.05, 4.69) is 16.8 Å². The number of ketones is 1. The highest BCUT2D eigenvalue weighted by atomic mass is 35.5. The molecule has 0 aliphatic rings. The van der Waals surface area contributed by atoms with E-state index in [1.807, 2.05) is 34.9 Å². The minimum atomic E-state index is 0.0441. The van der Waals surface area contributed by atoms with Crippen molar-refractivity contribution in [2.24, 2.45) is 0 Å². The van der Waals surface area contributed by atoms with E-state index in [0.29, 0.717) is 33.9 Å². The van der Waals surface area contributed by atoms with Gasteiger partial charge >= 0.3 is 0 Å². The van der Waals surface area contributed by atoms with Gasteiger partial charge in [0.2, 0.25) is 0 Å². The van der Waals surface area contributed by atoms with E-state index in [0.717, 1.165) is 0 Å². The van der Waals surface area contributed by atoms with Crippen LogP contribution in [0.25, 0.3) is 0 Å². The zero-order valence-corrected chi connectivity index (χ0v) is 16.1.